The fourth-order valence-corrected chi connectivity index (χ4v) is 1.34. The zero-order valence-corrected chi connectivity index (χ0v) is 10.3. The molecule has 0 saturated carbocycles. The maximum Gasteiger partial charge on any atom is 0.404 e. The number of ether oxygens (including phenoxy) is 1. The summed E-state index contributed by atoms with van der Waals surface area (Å²) in [6.07, 6.45) is -4.94. The number of hydrogen-bond acceptors (Lipinski definition) is 2. The van der Waals surface area contributed by atoms with E-state index in [2.05, 4.69) is 0 Å². The van der Waals surface area contributed by atoms with E-state index >= 15 is 0 Å². The Balaban J connectivity index is 2.70. The summed E-state index contributed by atoms with van der Waals surface area (Å²) in [5, 5.41) is 0. The molecule has 0 N–H and O–H groups in total. The van der Waals surface area contributed by atoms with Crippen molar-refractivity contribution in [2.24, 2.45) is 5.41 Å². The molecule has 0 aromatic heterocycles. The van der Waals surface area contributed by atoms with Crippen molar-refractivity contribution in [3.8, 4) is 0 Å². The molecule has 100 valence electrons. The Morgan fingerprint density at radius 2 is 1.78 bits per heavy atom. The van der Waals surface area contributed by atoms with Crippen molar-refractivity contribution in [1.82, 2.24) is 0 Å². The van der Waals surface area contributed by atoms with Gasteiger partial charge in [-0.1, -0.05) is 37.3 Å². The highest BCUT2D eigenvalue weighted by Crippen LogP contribution is 2.41. The molecule has 1 rings (SSSR count). The van der Waals surface area contributed by atoms with Gasteiger partial charge in [-0.05, 0) is 18.9 Å². The van der Waals surface area contributed by atoms with Crippen molar-refractivity contribution in [3.05, 3.63) is 35.9 Å². The van der Waals surface area contributed by atoms with Crippen LogP contribution in [0.3, 0.4) is 0 Å². The topological polar surface area (TPSA) is 26.3 Å². The van der Waals surface area contributed by atoms with E-state index in [0.717, 1.165) is 6.92 Å². The fourth-order valence-electron chi connectivity index (χ4n) is 1.34. The Labute approximate surface area is 104 Å². The van der Waals surface area contributed by atoms with Gasteiger partial charge in [-0.2, -0.15) is 13.2 Å². The van der Waals surface area contributed by atoms with Crippen molar-refractivity contribution in [3.63, 3.8) is 0 Å². The number of carbonyl (C=O) groups is 1. The van der Waals surface area contributed by atoms with E-state index in [1.807, 2.05) is 0 Å². The Hall–Kier alpha value is -1.52. The van der Waals surface area contributed by atoms with Crippen LogP contribution in [0.25, 0.3) is 0 Å². The standard InChI is InChI=1S/C13H15F3O2/c1-3-12(2,13(14,15)16)11(17)18-9-10-7-5-4-6-8-10/h4-8H,3,9H2,1-2H3. The summed E-state index contributed by atoms with van der Waals surface area (Å²) in [4.78, 5) is 11.6. The molecule has 1 aromatic carbocycles. The molecular formula is C13H15F3O2. The molecule has 1 aromatic rings. The van der Waals surface area contributed by atoms with Crippen LogP contribution in [0.5, 0.6) is 0 Å². The van der Waals surface area contributed by atoms with Crippen LogP contribution >= 0.6 is 0 Å². The van der Waals surface area contributed by atoms with Gasteiger partial charge in [-0.25, -0.2) is 0 Å². The number of rotatable bonds is 4. The van der Waals surface area contributed by atoms with Crippen LogP contribution in [-0.4, -0.2) is 12.1 Å². The van der Waals surface area contributed by atoms with Gasteiger partial charge in [0.25, 0.3) is 0 Å². The molecule has 18 heavy (non-hydrogen) atoms. The van der Waals surface area contributed by atoms with Gasteiger partial charge in [-0.15, -0.1) is 0 Å². The first-order valence-electron chi connectivity index (χ1n) is 5.59. The molecule has 2 nitrogen and oxygen atoms in total. The molecule has 1 atom stereocenters. The monoisotopic (exact) mass is 260 g/mol. The van der Waals surface area contributed by atoms with Crippen molar-refractivity contribution < 1.29 is 22.7 Å². The number of alkyl halides is 3. The predicted octanol–water partition coefficient (Wildman–Crippen LogP) is 3.71. The first-order valence-corrected chi connectivity index (χ1v) is 5.59. The second kappa shape index (κ2) is 5.42. The summed E-state index contributed by atoms with van der Waals surface area (Å²) >= 11 is 0. The number of hydrogen-bond donors (Lipinski definition) is 0. The second-order valence-electron chi connectivity index (χ2n) is 4.25. The average molecular weight is 260 g/mol. The van der Waals surface area contributed by atoms with Gasteiger partial charge in [0.15, 0.2) is 5.41 Å². The van der Waals surface area contributed by atoms with Crippen LogP contribution in [0.2, 0.25) is 0 Å². The largest absolute Gasteiger partial charge is 0.460 e. The second-order valence-corrected chi connectivity index (χ2v) is 4.25. The van der Waals surface area contributed by atoms with Gasteiger partial charge in [0, 0.05) is 0 Å². The summed E-state index contributed by atoms with van der Waals surface area (Å²) in [7, 11) is 0. The fraction of sp³-hybridized carbons (Fsp3) is 0.462. The molecule has 0 aliphatic carbocycles. The van der Waals surface area contributed by atoms with E-state index in [1.165, 1.54) is 6.92 Å². The Kier molecular flexibility index (Phi) is 4.38. The lowest BCUT2D eigenvalue weighted by Gasteiger charge is -2.28. The van der Waals surface area contributed by atoms with E-state index in [-0.39, 0.29) is 13.0 Å². The molecule has 0 bridgehead atoms. The highest BCUT2D eigenvalue weighted by atomic mass is 19.4. The van der Waals surface area contributed by atoms with Crippen LogP contribution in [0.4, 0.5) is 13.2 Å². The summed E-state index contributed by atoms with van der Waals surface area (Å²) in [5.41, 5.74) is -1.78. The Morgan fingerprint density at radius 1 is 1.22 bits per heavy atom. The first-order chi connectivity index (χ1) is 8.31. The van der Waals surface area contributed by atoms with Gasteiger partial charge in [-0.3, -0.25) is 4.79 Å². The van der Waals surface area contributed by atoms with Crippen molar-refractivity contribution >= 4 is 5.97 Å². The van der Waals surface area contributed by atoms with Crippen molar-refractivity contribution in [2.45, 2.75) is 33.1 Å². The third kappa shape index (κ3) is 3.03. The van der Waals surface area contributed by atoms with E-state index in [4.69, 9.17) is 4.74 Å². The first kappa shape index (κ1) is 14.5. The van der Waals surface area contributed by atoms with E-state index in [9.17, 15) is 18.0 Å². The molecule has 0 aliphatic rings. The minimum Gasteiger partial charge on any atom is -0.460 e. The Morgan fingerprint density at radius 3 is 2.22 bits per heavy atom. The summed E-state index contributed by atoms with van der Waals surface area (Å²) in [6.45, 7) is 2.03. The van der Waals surface area contributed by atoms with Gasteiger partial charge in [0.05, 0.1) is 0 Å². The van der Waals surface area contributed by atoms with Crippen LogP contribution in [0.1, 0.15) is 25.8 Å². The smallest absolute Gasteiger partial charge is 0.404 e. The van der Waals surface area contributed by atoms with Crippen LogP contribution in [-0.2, 0) is 16.1 Å². The summed E-state index contributed by atoms with van der Waals surface area (Å²) < 4.78 is 43.1. The highest BCUT2D eigenvalue weighted by molar-refractivity contribution is 5.77. The number of carbonyl (C=O) groups excluding carboxylic acids is 1. The molecule has 0 aliphatic heterocycles. The SMILES string of the molecule is CCC(C)(C(=O)OCc1ccccc1)C(F)(F)F. The predicted molar refractivity (Wildman–Crippen MR) is 60.7 cm³/mol. The number of esters is 1. The summed E-state index contributed by atoms with van der Waals surface area (Å²) in [5.74, 6) is -1.23. The quantitative estimate of drug-likeness (QED) is 0.771. The molecule has 0 radical (unpaired) electrons. The minimum atomic E-state index is -4.60. The molecule has 0 saturated heterocycles. The molecule has 1 unspecified atom stereocenters. The highest BCUT2D eigenvalue weighted by Gasteiger charge is 2.56. The molecular weight excluding hydrogens is 245 g/mol. The van der Waals surface area contributed by atoms with Crippen LogP contribution < -0.4 is 0 Å². The molecule has 0 heterocycles. The maximum absolute atomic E-state index is 12.8. The molecule has 0 fully saturated rings. The minimum absolute atomic E-state index is 0.147. The average Bonchev–Trinajstić information content (AvgIpc) is 2.34. The van der Waals surface area contributed by atoms with Crippen molar-refractivity contribution in [1.29, 1.82) is 0 Å². The van der Waals surface area contributed by atoms with Gasteiger partial charge in [0.2, 0.25) is 0 Å². The lowest BCUT2D eigenvalue weighted by atomic mass is 9.87. The normalized spacial score (nSPS) is 14.9. The third-order valence-corrected chi connectivity index (χ3v) is 3.00. The van der Waals surface area contributed by atoms with E-state index in [1.54, 1.807) is 30.3 Å². The Bertz CT molecular complexity index is 400. The lowest BCUT2D eigenvalue weighted by Crippen LogP contribution is -2.43. The van der Waals surface area contributed by atoms with Crippen LogP contribution in [0.15, 0.2) is 30.3 Å². The zero-order valence-electron chi connectivity index (χ0n) is 10.3. The molecule has 0 spiro atoms. The number of benzene rings is 1. The number of halogens is 3. The lowest BCUT2D eigenvalue weighted by molar-refractivity contribution is -0.231. The maximum atomic E-state index is 12.8. The van der Waals surface area contributed by atoms with Crippen LogP contribution in [0, 0.1) is 5.41 Å². The zero-order chi connectivity index (χ0) is 13.8. The molecule has 0 amide bonds. The molecule has 5 heteroatoms. The van der Waals surface area contributed by atoms with Gasteiger partial charge < -0.3 is 4.74 Å². The van der Waals surface area contributed by atoms with Gasteiger partial charge >= 0.3 is 12.1 Å². The van der Waals surface area contributed by atoms with E-state index < -0.39 is 17.6 Å². The summed E-state index contributed by atoms with van der Waals surface area (Å²) in [6, 6.07) is 8.60. The third-order valence-electron chi connectivity index (χ3n) is 3.00. The van der Waals surface area contributed by atoms with Crippen molar-refractivity contribution in [2.75, 3.05) is 0 Å². The van der Waals surface area contributed by atoms with E-state index in [0.29, 0.717) is 5.56 Å². The van der Waals surface area contributed by atoms with Gasteiger partial charge in [0.1, 0.15) is 6.61 Å².